The van der Waals surface area contributed by atoms with E-state index in [1.165, 1.54) is 23.5 Å². The zero-order valence-corrected chi connectivity index (χ0v) is 10.3. The number of ether oxygens (including phenoxy) is 1. The van der Waals surface area contributed by atoms with Crippen LogP contribution in [0.4, 0.5) is 4.39 Å². The Morgan fingerprint density at radius 1 is 1.44 bits per heavy atom. The summed E-state index contributed by atoms with van der Waals surface area (Å²) in [6.07, 6.45) is -2.35. The Hall–Kier alpha value is -1.95. The van der Waals surface area contributed by atoms with E-state index >= 15 is 0 Å². The molecule has 0 spiro atoms. The first-order chi connectivity index (χ1) is 8.56. The molecule has 2 aromatic rings. The number of benzene rings is 1. The summed E-state index contributed by atoms with van der Waals surface area (Å²) in [4.78, 5) is 14.6. The number of carboxylic acid groups (broad SMARTS) is 1. The largest absolute Gasteiger partial charge is 0.476 e. The van der Waals surface area contributed by atoms with Gasteiger partial charge in [-0.05, 0) is 31.2 Å². The highest BCUT2D eigenvalue weighted by Gasteiger charge is 2.17. The third-order valence-electron chi connectivity index (χ3n) is 2.15. The van der Waals surface area contributed by atoms with E-state index in [1.54, 1.807) is 12.1 Å². The monoisotopic (exact) mass is 267 g/mol. The number of aryl methyl sites for hydroxylation is 1. The number of carboxylic acids is 1. The van der Waals surface area contributed by atoms with Gasteiger partial charge in [0.25, 0.3) is 0 Å². The number of alkyl halides is 1. The summed E-state index contributed by atoms with van der Waals surface area (Å²) in [5.41, 5.74) is 1.82. The van der Waals surface area contributed by atoms with Crippen molar-refractivity contribution in [2.24, 2.45) is 0 Å². The van der Waals surface area contributed by atoms with Gasteiger partial charge in [0.2, 0.25) is 0 Å². The maximum atomic E-state index is 12.8. The van der Waals surface area contributed by atoms with Crippen LogP contribution in [0.2, 0.25) is 0 Å². The summed E-state index contributed by atoms with van der Waals surface area (Å²) in [6, 6.07) is 6.45. The molecule has 0 saturated heterocycles. The molecule has 1 N–H and O–H groups in total. The maximum Gasteiger partial charge on any atom is 0.378 e. The van der Waals surface area contributed by atoms with Gasteiger partial charge in [-0.15, -0.1) is 11.3 Å². The molecular formula is C12H10FNO3S. The van der Waals surface area contributed by atoms with Gasteiger partial charge < -0.3 is 9.84 Å². The van der Waals surface area contributed by atoms with Gasteiger partial charge in [0, 0.05) is 16.6 Å². The second-order valence-corrected chi connectivity index (χ2v) is 4.45. The molecule has 18 heavy (non-hydrogen) atoms. The van der Waals surface area contributed by atoms with Crippen molar-refractivity contribution < 1.29 is 19.0 Å². The van der Waals surface area contributed by atoms with Gasteiger partial charge in [0.1, 0.15) is 10.8 Å². The maximum absolute atomic E-state index is 12.8. The van der Waals surface area contributed by atoms with Gasteiger partial charge in [-0.2, -0.15) is 4.39 Å². The minimum Gasteiger partial charge on any atom is -0.476 e. The molecule has 0 fully saturated rings. The average Bonchev–Trinajstić information content (AvgIpc) is 2.76. The second kappa shape index (κ2) is 5.14. The standard InChI is InChI=1S/C12H10FNO3S/c1-7-6-18-11(14-7)8-2-4-9(5-3-8)17-10(13)12(15)16/h2-6,10H,1H3,(H,15,16). The quantitative estimate of drug-likeness (QED) is 0.925. The highest BCUT2D eigenvalue weighted by Crippen LogP contribution is 2.25. The third-order valence-corrected chi connectivity index (χ3v) is 3.16. The lowest BCUT2D eigenvalue weighted by Gasteiger charge is -2.07. The summed E-state index contributed by atoms with van der Waals surface area (Å²) in [5.74, 6) is -1.48. The molecule has 2 rings (SSSR count). The normalized spacial score (nSPS) is 12.1. The smallest absolute Gasteiger partial charge is 0.378 e. The predicted octanol–water partition coefficient (Wildman–Crippen LogP) is 2.88. The number of hydrogen-bond donors (Lipinski definition) is 1. The highest BCUT2D eigenvalue weighted by molar-refractivity contribution is 7.13. The first kappa shape index (κ1) is 12.5. The number of carbonyl (C=O) groups is 1. The fourth-order valence-electron chi connectivity index (χ4n) is 1.33. The summed E-state index contributed by atoms with van der Waals surface area (Å²) >= 11 is 1.51. The van der Waals surface area contributed by atoms with Crippen LogP contribution in [0.1, 0.15) is 5.69 Å². The summed E-state index contributed by atoms with van der Waals surface area (Å²) in [6.45, 7) is 1.90. The molecule has 94 valence electrons. The Bertz CT molecular complexity index is 553. The molecule has 0 aliphatic carbocycles. The van der Waals surface area contributed by atoms with Crippen LogP contribution in [-0.2, 0) is 4.79 Å². The van der Waals surface area contributed by atoms with E-state index in [1.807, 2.05) is 12.3 Å². The molecule has 0 aliphatic heterocycles. The Morgan fingerprint density at radius 3 is 2.61 bits per heavy atom. The van der Waals surface area contributed by atoms with Gasteiger partial charge in [0.05, 0.1) is 0 Å². The molecule has 1 unspecified atom stereocenters. The van der Waals surface area contributed by atoms with Crippen molar-refractivity contribution in [3.63, 3.8) is 0 Å². The minimum absolute atomic E-state index is 0.168. The zero-order chi connectivity index (χ0) is 13.1. The molecule has 6 heteroatoms. The number of aliphatic carboxylic acids is 1. The molecule has 0 saturated carbocycles. The Labute approximate surface area is 107 Å². The average molecular weight is 267 g/mol. The van der Waals surface area contributed by atoms with E-state index in [2.05, 4.69) is 9.72 Å². The topological polar surface area (TPSA) is 59.4 Å². The predicted molar refractivity (Wildman–Crippen MR) is 65.4 cm³/mol. The van der Waals surface area contributed by atoms with Gasteiger partial charge in [-0.1, -0.05) is 0 Å². The molecule has 0 bridgehead atoms. The molecule has 1 atom stereocenters. The van der Waals surface area contributed by atoms with E-state index in [9.17, 15) is 9.18 Å². The number of halogens is 1. The SMILES string of the molecule is Cc1csc(-c2ccc(OC(F)C(=O)O)cc2)n1. The minimum atomic E-state index is -2.35. The van der Waals surface area contributed by atoms with Crippen LogP contribution in [0, 0.1) is 6.92 Å². The molecule has 1 aromatic carbocycles. The zero-order valence-electron chi connectivity index (χ0n) is 9.46. The Balaban J connectivity index is 2.13. The summed E-state index contributed by atoms with van der Waals surface area (Å²) < 4.78 is 17.4. The summed E-state index contributed by atoms with van der Waals surface area (Å²) in [5, 5.41) is 11.2. The molecule has 1 heterocycles. The van der Waals surface area contributed by atoms with Crippen LogP contribution >= 0.6 is 11.3 Å². The first-order valence-electron chi connectivity index (χ1n) is 5.12. The van der Waals surface area contributed by atoms with Crippen LogP contribution in [0.15, 0.2) is 29.6 Å². The van der Waals surface area contributed by atoms with Gasteiger partial charge in [0.15, 0.2) is 0 Å². The first-order valence-corrected chi connectivity index (χ1v) is 6.00. The van der Waals surface area contributed by atoms with Crippen molar-refractivity contribution in [2.45, 2.75) is 13.3 Å². The second-order valence-electron chi connectivity index (χ2n) is 3.59. The number of rotatable bonds is 4. The molecule has 0 amide bonds. The third kappa shape index (κ3) is 2.84. The lowest BCUT2D eigenvalue weighted by atomic mass is 10.2. The van der Waals surface area contributed by atoms with E-state index in [0.29, 0.717) is 0 Å². The van der Waals surface area contributed by atoms with Gasteiger partial charge >= 0.3 is 12.3 Å². The van der Waals surface area contributed by atoms with Crippen molar-refractivity contribution in [3.8, 4) is 16.3 Å². The molecule has 4 nitrogen and oxygen atoms in total. The molecule has 1 aromatic heterocycles. The van der Waals surface area contributed by atoms with E-state index in [4.69, 9.17) is 5.11 Å². The van der Waals surface area contributed by atoms with Crippen molar-refractivity contribution in [3.05, 3.63) is 35.3 Å². The number of nitrogens with zero attached hydrogens (tertiary/aromatic N) is 1. The van der Waals surface area contributed by atoms with E-state index in [-0.39, 0.29) is 5.75 Å². The lowest BCUT2D eigenvalue weighted by Crippen LogP contribution is -2.21. The number of hydrogen-bond acceptors (Lipinski definition) is 4. The molecule has 0 aliphatic rings. The van der Waals surface area contributed by atoms with Crippen LogP contribution in [-0.4, -0.2) is 22.4 Å². The van der Waals surface area contributed by atoms with Crippen molar-refractivity contribution in [2.75, 3.05) is 0 Å². The Kier molecular flexibility index (Phi) is 3.57. The van der Waals surface area contributed by atoms with Crippen LogP contribution in [0.25, 0.3) is 10.6 Å². The van der Waals surface area contributed by atoms with E-state index < -0.39 is 12.3 Å². The van der Waals surface area contributed by atoms with Crippen molar-refractivity contribution in [1.29, 1.82) is 0 Å². The molecule has 0 radical (unpaired) electrons. The van der Waals surface area contributed by atoms with Crippen LogP contribution < -0.4 is 4.74 Å². The molecular weight excluding hydrogens is 257 g/mol. The lowest BCUT2D eigenvalue weighted by molar-refractivity contribution is -0.153. The fourth-order valence-corrected chi connectivity index (χ4v) is 2.14. The van der Waals surface area contributed by atoms with E-state index in [0.717, 1.165) is 16.3 Å². The highest BCUT2D eigenvalue weighted by atomic mass is 32.1. The van der Waals surface area contributed by atoms with Crippen LogP contribution in [0.3, 0.4) is 0 Å². The number of thiazole rings is 1. The van der Waals surface area contributed by atoms with Gasteiger partial charge in [-0.3, -0.25) is 0 Å². The van der Waals surface area contributed by atoms with Crippen LogP contribution in [0.5, 0.6) is 5.75 Å². The number of aromatic nitrogens is 1. The van der Waals surface area contributed by atoms with Crippen molar-refractivity contribution >= 4 is 17.3 Å². The van der Waals surface area contributed by atoms with Crippen molar-refractivity contribution in [1.82, 2.24) is 4.98 Å². The summed E-state index contributed by atoms with van der Waals surface area (Å²) in [7, 11) is 0. The van der Waals surface area contributed by atoms with Gasteiger partial charge in [-0.25, -0.2) is 9.78 Å². The Morgan fingerprint density at radius 2 is 2.11 bits per heavy atom. The fraction of sp³-hybridized carbons (Fsp3) is 0.167.